The number of thioether (sulfide) groups is 1. The van der Waals surface area contributed by atoms with E-state index in [1.807, 2.05) is 37.0 Å². The van der Waals surface area contributed by atoms with E-state index in [0.29, 0.717) is 0 Å². The average molecular weight is 233 g/mol. The van der Waals surface area contributed by atoms with Crippen molar-refractivity contribution in [1.82, 2.24) is 9.55 Å². The van der Waals surface area contributed by atoms with Gasteiger partial charge in [0.2, 0.25) is 0 Å². The summed E-state index contributed by atoms with van der Waals surface area (Å²) >= 11 is 1.72. The highest BCUT2D eigenvalue weighted by atomic mass is 32.2. The normalized spacial score (nSPS) is 10.6. The number of benzene rings is 1. The maximum atomic E-state index is 5.95. The lowest BCUT2D eigenvalue weighted by Gasteiger charge is -2.06. The summed E-state index contributed by atoms with van der Waals surface area (Å²) in [6, 6.07) is 6.15. The molecule has 0 amide bonds. The molecule has 0 fully saturated rings. The van der Waals surface area contributed by atoms with Gasteiger partial charge in [0.25, 0.3) is 0 Å². The van der Waals surface area contributed by atoms with Crippen LogP contribution in [-0.2, 0) is 12.8 Å². The van der Waals surface area contributed by atoms with Crippen LogP contribution in [0.2, 0.25) is 0 Å². The summed E-state index contributed by atoms with van der Waals surface area (Å²) in [7, 11) is 2.00. The monoisotopic (exact) mass is 233 g/mol. The number of aryl methyl sites for hydroxylation is 2. The lowest BCUT2D eigenvalue weighted by molar-refractivity contribution is 0.849. The fraction of sp³-hybridized carbons (Fsp3) is 0.250. The summed E-state index contributed by atoms with van der Waals surface area (Å²) in [5.74, 6) is 1.90. The molecule has 0 bridgehead atoms. The molecule has 0 saturated heterocycles. The maximum Gasteiger partial charge on any atom is 0.118 e. The van der Waals surface area contributed by atoms with Crippen LogP contribution in [0.5, 0.6) is 0 Å². The van der Waals surface area contributed by atoms with E-state index in [-0.39, 0.29) is 0 Å². The van der Waals surface area contributed by atoms with Crippen LogP contribution in [0.15, 0.2) is 35.5 Å². The highest BCUT2D eigenvalue weighted by molar-refractivity contribution is 7.98. The average Bonchev–Trinajstić information content (AvgIpc) is 2.63. The molecule has 1 heterocycles. The van der Waals surface area contributed by atoms with Crippen LogP contribution in [0.1, 0.15) is 11.4 Å². The van der Waals surface area contributed by atoms with Gasteiger partial charge in [0.1, 0.15) is 5.82 Å². The van der Waals surface area contributed by atoms with E-state index in [9.17, 15) is 0 Å². The molecule has 0 unspecified atom stereocenters. The second-order valence-corrected chi connectivity index (χ2v) is 4.80. The van der Waals surface area contributed by atoms with Crippen LogP contribution in [0.4, 0.5) is 5.69 Å². The van der Waals surface area contributed by atoms with Gasteiger partial charge in [-0.2, -0.15) is 0 Å². The summed E-state index contributed by atoms with van der Waals surface area (Å²) in [6.07, 6.45) is 3.77. The van der Waals surface area contributed by atoms with E-state index in [1.165, 1.54) is 5.56 Å². The van der Waals surface area contributed by atoms with Gasteiger partial charge in [-0.15, -0.1) is 11.8 Å². The van der Waals surface area contributed by atoms with Crippen molar-refractivity contribution in [3.63, 3.8) is 0 Å². The number of nitrogens with two attached hydrogens (primary N) is 1. The Kier molecular flexibility index (Phi) is 3.19. The molecular formula is C12H15N3S. The summed E-state index contributed by atoms with van der Waals surface area (Å²) in [5.41, 5.74) is 7.99. The highest BCUT2D eigenvalue weighted by Gasteiger charge is 2.03. The standard InChI is InChI=1S/C12H15N3S/c1-9-3-4-11(10(13)7-9)16-8-12-14-5-6-15(12)2/h3-7H,8,13H2,1-2H3. The Morgan fingerprint density at radius 2 is 2.25 bits per heavy atom. The molecule has 0 aliphatic carbocycles. The zero-order valence-electron chi connectivity index (χ0n) is 9.47. The van der Waals surface area contributed by atoms with Crippen molar-refractivity contribution in [2.45, 2.75) is 17.6 Å². The van der Waals surface area contributed by atoms with Gasteiger partial charge >= 0.3 is 0 Å². The van der Waals surface area contributed by atoms with E-state index in [4.69, 9.17) is 5.73 Å². The zero-order valence-corrected chi connectivity index (χ0v) is 10.3. The Labute approximate surface area is 99.7 Å². The first kappa shape index (κ1) is 11.1. The van der Waals surface area contributed by atoms with E-state index < -0.39 is 0 Å². The molecule has 84 valence electrons. The van der Waals surface area contributed by atoms with Crippen molar-refractivity contribution in [3.05, 3.63) is 42.0 Å². The summed E-state index contributed by atoms with van der Waals surface area (Å²) in [5, 5.41) is 0. The van der Waals surface area contributed by atoms with E-state index in [1.54, 1.807) is 11.8 Å². The van der Waals surface area contributed by atoms with Crippen molar-refractivity contribution >= 4 is 17.4 Å². The van der Waals surface area contributed by atoms with Gasteiger partial charge in [0, 0.05) is 30.0 Å². The minimum Gasteiger partial charge on any atom is -0.398 e. The topological polar surface area (TPSA) is 43.8 Å². The minimum atomic E-state index is 0.844. The Hall–Kier alpha value is -1.42. The Morgan fingerprint density at radius 3 is 2.88 bits per heavy atom. The number of imidazole rings is 1. The molecule has 3 nitrogen and oxygen atoms in total. The number of nitrogens with zero attached hydrogens (tertiary/aromatic N) is 2. The van der Waals surface area contributed by atoms with E-state index in [0.717, 1.165) is 22.2 Å². The summed E-state index contributed by atoms with van der Waals surface area (Å²) in [6.45, 7) is 2.05. The number of nitrogen functional groups attached to an aromatic ring is 1. The van der Waals surface area contributed by atoms with Gasteiger partial charge in [0.15, 0.2) is 0 Å². The Bertz CT molecular complexity index is 491. The number of aromatic nitrogens is 2. The molecule has 1 aromatic carbocycles. The van der Waals surface area contributed by atoms with Crippen LogP contribution in [0.25, 0.3) is 0 Å². The minimum absolute atomic E-state index is 0.844. The maximum absolute atomic E-state index is 5.95. The molecule has 0 radical (unpaired) electrons. The lowest BCUT2D eigenvalue weighted by Crippen LogP contribution is -1.95. The van der Waals surface area contributed by atoms with Gasteiger partial charge in [-0.25, -0.2) is 4.98 Å². The van der Waals surface area contributed by atoms with E-state index >= 15 is 0 Å². The predicted octanol–water partition coefficient (Wildman–Crippen LogP) is 2.60. The van der Waals surface area contributed by atoms with Gasteiger partial charge in [-0.1, -0.05) is 6.07 Å². The first-order valence-corrected chi connectivity index (χ1v) is 6.10. The number of anilines is 1. The molecule has 2 N–H and O–H groups in total. The fourth-order valence-corrected chi connectivity index (χ4v) is 2.43. The molecule has 0 spiro atoms. The third kappa shape index (κ3) is 2.39. The van der Waals surface area contributed by atoms with E-state index in [2.05, 4.69) is 17.1 Å². The third-order valence-electron chi connectivity index (χ3n) is 2.44. The van der Waals surface area contributed by atoms with Gasteiger partial charge in [-0.05, 0) is 24.6 Å². The molecule has 2 rings (SSSR count). The smallest absolute Gasteiger partial charge is 0.118 e. The first-order chi connectivity index (χ1) is 7.66. The molecule has 2 aromatic rings. The van der Waals surface area contributed by atoms with Crippen LogP contribution in [0, 0.1) is 6.92 Å². The van der Waals surface area contributed by atoms with Gasteiger partial charge < -0.3 is 10.3 Å². The molecule has 0 atom stereocenters. The third-order valence-corrected chi connectivity index (χ3v) is 3.53. The van der Waals surface area contributed by atoms with Gasteiger partial charge in [-0.3, -0.25) is 0 Å². The second-order valence-electron chi connectivity index (χ2n) is 3.78. The highest BCUT2D eigenvalue weighted by Crippen LogP contribution is 2.28. The summed E-state index contributed by atoms with van der Waals surface area (Å²) in [4.78, 5) is 5.40. The van der Waals surface area contributed by atoms with Crippen molar-refractivity contribution in [2.75, 3.05) is 5.73 Å². The quantitative estimate of drug-likeness (QED) is 0.654. The molecule has 0 aliphatic rings. The molecule has 1 aromatic heterocycles. The van der Waals surface area contributed by atoms with Crippen molar-refractivity contribution in [3.8, 4) is 0 Å². The predicted molar refractivity (Wildman–Crippen MR) is 68.4 cm³/mol. The molecule has 0 aliphatic heterocycles. The SMILES string of the molecule is Cc1ccc(SCc2nccn2C)c(N)c1. The first-order valence-electron chi connectivity index (χ1n) is 5.12. The molecule has 4 heteroatoms. The number of hydrogen-bond acceptors (Lipinski definition) is 3. The number of hydrogen-bond donors (Lipinski definition) is 1. The van der Waals surface area contributed by atoms with Crippen molar-refractivity contribution < 1.29 is 0 Å². The largest absolute Gasteiger partial charge is 0.398 e. The second kappa shape index (κ2) is 4.61. The van der Waals surface area contributed by atoms with Crippen molar-refractivity contribution in [1.29, 1.82) is 0 Å². The van der Waals surface area contributed by atoms with Crippen LogP contribution >= 0.6 is 11.8 Å². The zero-order chi connectivity index (χ0) is 11.5. The van der Waals surface area contributed by atoms with Crippen LogP contribution < -0.4 is 5.73 Å². The lowest BCUT2D eigenvalue weighted by atomic mass is 10.2. The Balaban J connectivity index is 2.08. The Morgan fingerprint density at radius 1 is 1.44 bits per heavy atom. The fourth-order valence-electron chi connectivity index (χ4n) is 1.48. The van der Waals surface area contributed by atoms with Crippen LogP contribution in [-0.4, -0.2) is 9.55 Å². The van der Waals surface area contributed by atoms with Crippen molar-refractivity contribution in [2.24, 2.45) is 7.05 Å². The summed E-state index contributed by atoms with van der Waals surface area (Å²) < 4.78 is 2.03. The van der Waals surface area contributed by atoms with Crippen LogP contribution in [0.3, 0.4) is 0 Å². The molecule has 16 heavy (non-hydrogen) atoms. The number of rotatable bonds is 3. The van der Waals surface area contributed by atoms with Gasteiger partial charge in [0.05, 0.1) is 5.75 Å². The molecule has 0 saturated carbocycles. The molecular weight excluding hydrogens is 218 g/mol.